The van der Waals surface area contributed by atoms with Gasteiger partial charge in [0.25, 0.3) is 5.91 Å². The van der Waals surface area contributed by atoms with Gasteiger partial charge in [0.1, 0.15) is 0 Å². The van der Waals surface area contributed by atoms with Crippen molar-refractivity contribution >= 4 is 17.2 Å². The summed E-state index contributed by atoms with van der Waals surface area (Å²) in [4.78, 5) is 17.8. The Morgan fingerprint density at radius 1 is 1.52 bits per heavy atom. The van der Waals surface area contributed by atoms with Gasteiger partial charge in [-0.3, -0.25) is 4.79 Å². The van der Waals surface area contributed by atoms with Crippen LogP contribution in [0.2, 0.25) is 0 Å². The van der Waals surface area contributed by atoms with Gasteiger partial charge in [-0.2, -0.15) is 0 Å². The fourth-order valence-electron chi connectivity index (χ4n) is 2.51. The molecule has 2 aromatic rings. The van der Waals surface area contributed by atoms with Crippen molar-refractivity contribution in [2.24, 2.45) is 0 Å². The van der Waals surface area contributed by atoms with Crippen molar-refractivity contribution in [1.82, 2.24) is 25.3 Å². The lowest BCUT2D eigenvalue weighted by Crippen LogP contribution is -2.26. The van der Waals surface area contributed by atoms with Crippen molar-refractivity contribution in [1.29, 1.82) is 0 Å². The first-order valence-corrected chi connectivity index (χ1v) is 8.66. The monoisotopic (exact) mass is 335 g/mol. The summed E-state index contributed by atoms with van der Waals surface area (Å²) in [6.07, 6.45) is 4.71. The predicted octanol–water partition coefficient (Wildman–Crippen LogP) is 1.50. The van der Waals surface area contributed by atoms with Gasteiger partial charge in [-0.1, -0.05) is 5.21 Å². The van der Waals surface area contributed by atoms with Crippen LogP contribution in [0.1, 0.15) is 38.9 Å². The first-order chi connectivity index (χ1) is 11.1. The van der Waals surface area contributed by atoms with Crippen molar-refractivity contribution in [2.75, 3.05) is 13.2 Å². The van der Waals surface area contributed by atoms with Crippen molar-refractivity contribution in [3.8, 4) is 0 Å². The molecule has 0 radical (unpaired) electrons. The number of ether oxygens (including phenoxy) is 1. The van der Waals surface area contributed by atoms with E-state index in [1.54, 1.807) is 22.2 Å². The molecule has 1 amide bonds. The highest BCUT2D eigenvalue weighted by Crippen LogP contribution is 2.16. The quantitative estimate of drug-likeness (QED) is 0.865. The van der Waals surface area contributed by atoms with Crippen molar-refractivity contribution in [3.63, 3.8) is 0 Å². The van der Waals surface area contributed by atoms with Gasteiger partial charge in [-0.15, -0.1) is 16.4 Å². The maximum Gasteiger partial charge on any atom is 0.273 e. The molecular weight excluding hydrogens is 314 g/mol. The molecule has 124 valence electrons. The topological polar surface area (TPSA) is 81.9 Å². The summed E-state index contributed by atoms with van der Waals surface area (Å²) in [7, 11) is 0. The number of carbonyl (C=O) groups excluding carboxylic acids is 1. The van der Waals surface area contributed by atoms with Gasteiger partial charge in [0, 0.05) is 24.4 Å². The minimum absolute atomic E-state index is 0.184. The second-order valence-corrected chi connectivity index (χ2v) is 7.00. The Hall–Kier alpha value is -1.80. The maximum atomic E-state index is 12.1. The second kappa shape index (κ2) is 7.18. The molecule has 0 bridgehead atoms. The molecule has 1 saturated heterocycles. The Kier molecular flexibility index (Phi) is 5.02. The summed E-state index contributed by atoms with van der Waals surface area (Å²) in [5, 5.41) is 11.8. The van der Waals surface area contributed by atoms with Crippen LogP contribution < -0.4 is 5.32 Å². The van der Waals surface area contributed by atoms with E-state index >= 15 is 0 Å². The van der Waals surface area contributed by atoms with Crippen LogP contribution in [0.25, 0.3) is 0 Å². The van der Waals surface area contributed by atoms with Gasteiger partial charge < -0.3 is 10.1 Å². The highest BCUT2D eigenvalue weighted by molar-refractivity contribution is 7.11. The maximum absolute atomic E-state index is 12.1. The van der Waals surface area contributed by atoms with E-state index in [9.17, 15) is 4.79 Å². The Morgan fingerprint density at radius 2 is 2.39 bits per heavy atom. The fraction of sp³-hybridized carbons (Fsp3) is 0.600. The zero-order valence-electron chi connectivity index (χ0n) is 13.4. The molecule has 23 heavy (non-hydrogen) atoms. The zero-order valence-corrected chi connectivity index (χ0v) is 14.2. The van der Waals surface area contributed by atoms with E-state index < -0.39 is 0 Å². The van der Waals surface area contributed by atoms with E-state index in [-0.39, 0.29) is 12.0 Å². The molecule has 7 nitrogen and oxygen atoms in total. The molecule has 1 fully saturated rings. The van der Waals surface area contributed by atoms with Crippen LogP contribution in [-0.4, -0.2) is 45.1 Å². The molecule has 1 N–H and O–H groups in total. The average Bonchev–Trinajstić information content (AvgIpc) is 3.23. The molecule has 0 aromatic carbocycles. The van der Waals surface area contributed by atoms with Gasteiger partial charge in [0.2, 0.25) is 0 Å². The number of nitrogens with one attached hydrogen (secondary N) is 1. The largest absolute Gasteiger partial charge is 0.376 e. The van der Waals surface area contributed by atoms with Crippen LogP contribution in [0.3, 0.4) is 0 Å². The van der Waals surface area contributed by atoms with Crippen molar-refractivity contribution in [3.05, 3.63) is 27.5 Å². The smallest absolute Gasteiger partial charge is 0.273 e. The highest BCUT2D eigenvalue weighted by atomic mass is 32.1. The predicted molar refractivity (Wildman–Crippen MR) is 86.6 cm³/mol. The van der Waals surface area contributed by atoms with E-state index in [0.29, 0.717) is 18.8 Å². The first-order valence-electron chi connectivity index (χ1n) is 7.84. The van der Waals surface area contributed by atoms with Crippen LogP contribution in [0.15, 0.2) is 6.20 Å². The van der Waals surface area contributed by atoms with E-state index in [1.165, 1.54) is 4.88 Å². The summed E-state index contributed by atoms with van der Waals surface area (Å²) >= 11 is 1.68. The number of hydrogen-bond acceptors (Lipinski definition) is 6. The molecule has 3 rings (SSSR count). The zero-order chi connectivity index (χ0) is 16.2. The number of amides is 1. The molecule has 0 saturated carbocycles. The normalized spacial score (nSPS) is 17.6. The SMILES string of the molecule is Cc1nc(CCNC(=O)c2cn(CC3CCCO3)nn2)sc1C. The van der Waals surface area contributed by atoms with Gasteiger partial charge in [0.05, 0.1) is 29.5 Å². The molecular formula is C15H21N5O2S. The molecule has 2 aromatic heterocycles. The van der Waals surface area contributed by atoms with E-state index in [4.69, 9.17) is 4.74 Å². The molecule has 1 aliphatic heterocycles. The summed E-state index contributed by atoms with van der Waals surface area (Å²) in [5.74, 6) is -0.200. The standard InChI is InChI=1S/C15H21N5O2S/c1-10-11(2)23-14(17-10)5-6-16-15(21)13-9-20(19-18-13)8-12-4-3-7-22-12/h9,12H,3-8H2,1-2H3,(H,16,21). The lowest BCUT2D eigenvalue weighted by molar-refractivity contribution is 0.0930. The summed E-state index contributed by atoms with van der Waals surface area (Å²) in [6.45, 7) is 6.06. The molecule has 3 heterocycles. The number of hydrogen-bond donors (Lipinski definition) is 1. The Morgan fingerprint density at radius 3 is 3.09 bits per heavy atom. The number of carbonyl (C=O) groups is 1. The van der Waals surface area contributed by atoms with Crippen LogP contribution >= 0.6 is 11.3 Å². The first kappa shape index (κ1) is 16.1. The van der Waals surface area contributed by atoms with Crippen LogP contribution in [-0.2, 0) is 17.7 Å². The van der Waals surface area contributed by atoms with Crippen molar-refractivity contribution < 1.29 is 9.53 Å². The number of nitrogens with zero attached hydrogens (tertiary/aromatic N) is 4. The lowest BCUT2D eigenvalue weighted by Gasteiger charge is -2.07. The van der Waals surface area contributed by atoms with E-state index in [0.717, 1.165) is 36.6 Å². The van der Waals surface area contributed by atoms with E-state index in [1.807, 2.05) is 6.92 Å². The molecule has 1 aliphatic rings. The number of aromatic nitrogens is 4. The van der Waals surface area contributed by atoms with E-state index in [2.05, 4.69) is 27.5 Å². The van der Waals surface area contributed by atoms with Gasteiger partial charge in [-0.05, 0) is 26.7 Å². The minimum atomic E-state index is -0.200. The molecule has 1 unspecified atom stereocenters. The third-order valence-corrected chi connectivity index (χ3v) is 5.02. The minimum Gasteiger partial charge on any atom is -0.376 e. The third kappa shape index (κ3) is 4.14. The molecule has 8 heteroatoms. The third-order valence-electron chi connectivity index (χ3n) is 3.88. The van der Waals surface area contributed by atoms with Crippen molar-refractivity contribution in [2.45, 2.75) is 45.8 Å². The highest BCUT2D eigenvalue weighted by Gasteiger charge is 2.18. The molecule has 1 atom stereocenters. The number of rotatable bonds is 6. The Labute approximate surface area is 139 Å². The lowest BCUT2D eigenvalue weighted by atomic mass is 10.2. The Bertz CT molecular complexity index is 656. The summed E-state index contributed by atoms with van der Waals surface area (Å²) in [6, 6.07) is 0. The van der Waals surface area contributed by atoms with Gasteiger partial charge >= 0.3 is 0 Å². The van der Waals surface area contributed by atoms with Crippen LogP contribution in [0.5, 0.6) is 0 Å². The molecule has 0 aliphatic carbocycles. The number of thiazole rings is 1. The second-order valence-electron chi connectivity index (χ2n) is 5.72. The summed E-state index contributed by atoms with van der Waals surface area (Å²) in [5.41, 5.74) is 1.41. The number of aryl methyl sites for hydroxylation is 2. The molecule has 0 spiro atoms. The van der Waals surface area contributed by atoms with Gasteiger partial charge in [-0.25, -0.2) is 9.67 Å². The van der Waals surface area contributed by atoms with Crippen LogP contribution in [0, 0.1) is 13.8 Å². The average molecular weight is 335 g/mol. The fourth-order valence-corrected chi connectivity index (χ4v) is 3.44. The Balaban J connectivity index is 1.47. The van der Waals surface area contributed by atoms with Gasteiger partial charge in [0.15, 0.2) is 5.69 Å². The van der Waals surface area contributed by atoms with Crippen LogP contribution in [0.4, 0.5) is 0 Å². The summed E-state index contributed by atoms with van der Waals surface area (Å²) < 4.78 is 7.24.